The van der Waals surface area contributed by atoms with Crippen molar-refractivity contribution in [1.29, 1.82) is 0 Å². The molecular formula is C16H25N3OS. The van der Waals surface area contributed by atoms with Crippen molar-refractivity contribution in [3.05, 3.63) is 22.4 Å². The maximum absolute atomic E-state index is 12.4. The van der Waals surface area contributed by atoms with Crippen LogP contribution in [0.4, 0.5) is 0 Å². The van der Waals surface area contributed by atoms with Crippen molar-refractivity contribution < 1.29 is 4.79 Å². The lowest BCUT2D eigenvalue weighted by atomic mass is 9.93. The van der Waals surface area contributed by atoms with Crippen molar-refractivity contribution in [2.75, 3.05) is 26.7 Å². The van der Waals surface area contributed by atoms with E-state index in [4.69, 9.17) is 0 Å². The molecule has 0 radical (unpaired) electrons. The minimum atomic E-state index is -0.0626. The van der Waals surface area contributed by atoms with E-state index in [0.29, 0.717) is 0 Å². The highest BCUT2D eigenvalue weighted by Crippen LogP contribution is 2.29. The first-order valence-electron chi connectivity index (χ1n) is 7.92. The van der Waals surface area contributed by atoms with Gasteiger partial charge in [-0.05, 0) is 74.6 Å². The lowest BCUT2D eigenvalue weighted by Crippen LogP contribution is -2.35. The molecular weight excluding hydrogens is 282 g/mol. The van der Waals surface area contributed by atoms with Crippen LogP contribution in [0.5, 0.6) is 0 Å². The summed E-state index contributed by atoms with van der Waals surface area (Å²) < 4.78 is 0. The Balaban J connectivity index is 1.60. The number of amides is 1. The maximum atomic E-state index is 12.4. The fourth-order valence-electron chi connectivity index (χ4n) is 3.39. The van der Waals surface area contributed by atoms with E-state index in [2.05, 4.69) is 34.1 Å². The molecule has 2 aliphatic heterocycles. The van der Waals surface area contributed by atoms with Gasteiger partial charge in [0.05, 0.1) is 6.04 Å². The molecule has 21 heavy (non-hydrogen) atoms. The Kier molecular flexibility index (Phi) is 4.62. The largest absolute Gasteiger partial charge is 0.322 e. The Morgan fingerprint density at radius 2 is 2.14 bits per heavy atom. The quantitative estimate of drug-likeness (QED) is 0.927. The number of thiophene rings is 1. The molecule has 5 heteroatoms. The summed E-state index contributed by atoms with van der Waals surface area (Å²) in [6.07, 6.45) is 3.74. The Bertz CT molecular complexity index is 468. The SMILES string of the molecule is CC1NC(c2ccsc2)N(CCC2CCN(C)CC2)C1=O. The molecule has 0 bridgehead atoms. The van der Waals surface area contributed by atoms with Crippen LogP contribution in [0, 0.1) is 5.92 Å². The van der Waals surface area contributed by atoms with Gasteiger partial charge in [0.25, 0.3) is 0 Å². The highest BCUT2D eigenvalue weighted by molar-refractivity contribution is 7.07. The van der Waals surface area contributed by atoms with Gasteiger partial charge in [-0.25, -0.2) is 0 Å². The molecule has 2 aliphatic rings. The first-order valence-corrected chi connectivity index (χ1v) is 8.86. The van der Waals surface area contributed by atoms with Crippen molar-refractivity contribution in [3.63, 3.8) is 0 Å². The number of carbonyl (C=O) groups is 1. The highest BCUT2D eigenvalue weighted by Gasteiger charge is 2.37. The predicted octanol–water partition coefficient (Wildman–Crippen LogP) is 2.30. The van der Waals surface area contributed by atoms with Crippen LogP contribution in [0.3, 0.4) is 0 Å². The van der Waals surface area contributed by atoms with Crippen molar-refractivity contribution in [1.82, 2.24) is 15.1 Å². The number of carbonyl (C=O) groups excluding carboxylic acids is 1. The molecule has 1 amide bonds. The third-order valence-corrected chi connectivity index (χ3v) is 5.55. The normalized spacial score (nSPS) is 28.5. The van der Waals surface area contributed by atoms with Gasteiger partial charge in [-0.1, -0.05) is 0 Å². The van der Waals surface area contributed by atoms with Crippen molar-refractivity contribution in [2.45, 2.75) is 38.4 Å². The van der Waals surface area contributed by atoms with Gasteiger partial charge in [0.1, 0.15) is 6.17 Å². The van der Waals surface area contributed by atoms with Gasteiger partial charge < -0.3 is 9.80 Å². The van der Waals surface area contributed by atoms with Gasteiger partial charge in [0, 0.05) is 6.54 Å². The monoisotopic (exact) mass is 307 g/mol. The Morgan fingerprint density at radius 1 is 1.38 bits per heavy atom. The lowest BCUT2D eigenvalue weighted by Gasteiger charge is -2.31. The summed E-state index contributed by atoms with van der Waals surface area (Å²) in [4.78, 5) is 16.8. The molecule has 2 unspecified atom stereocenters. The summed E-state index contributed by atoms with van der Waals surface area (Å²) in [6, 6.07) is 2.06. The minimum absolute atomic E-state index is 0.0626. The van der Waals surface area contributed by atoms with Crippen LogP contribution in [-0.2, 0) is 4.79 Å². The standard InChI is InChI=1S/C16H25N3OS/c1-12-16(20)19(15(17-12)14-6-10-21-11-14)9-5-13-3-7-18(2)8-4-13/h6,10-13,15,17H,3-5,7-9H2,1-2H3. The highest BCUT2D eigenvalue weighted by atomic mass is 32.1. The van der Waals surface area contributed by atoms with Crippen LogP contribution < -0.4 is 5.32 Å². The number of likely N-dealkylation sites (tertiary alicyclic amines) is 1. The minimum Gasteiger partial charge on any atom is -0.322 e. The van der Waals surface area contributed by atoms with E-state index in [1.54, 1.807) is 11.3 Å². The zero-order valence-electron chi connectivity index (χ0n) is 12.9. The lowest BCUT2D eigenvalue weighted by molar-refractivity contribution is -0.130. The van der Waals surface area contributed by atoms with E-state index >= 15 is 0 Å². The first kappa shape index (κ1) is 15.0. The summed E-state index contributed by atoms with van der Waals surface area (Å²) in [7, 11) is 2.19. The number of hydrogen-bond acceptors (Lipinski definition) is 4. The third kappa shape index (κ3) is 3.30. The number of nitrogens with zero attached hydrogens (tertiary/aromatic N) is 2. The molecule has 1 aromatic heterocycles. The molecule has 3 heterocycles. The fraction of sp³-hybridized carbons (Fsp3) is 0.688. The summed E-state index contributed by atoms with van der Waals surface area (Å²) in [6.45, 7) is 5.24. The van der Waals surface area contributed by atoms with Gasteiger partial charge in [-0.15, -0.1) is 0 Å². The molecule has 3 rings (SSSR count). The zero-order chi connectivity index (χ0) is 14.8. The molecule has 0 saturated carbocycles. The van der Waals surface area contributed by atoms with Crippen molar-refractivity contribution in [2.24, 2.45) is 5.92 Å². The summed E-state index contributed by atoms with van der Waals surface area (Å²) in [5.74, 6) is 1.02. The van der Waals surface area contributed by atoms with Crippen LogP contribution in [0.1, 0.15) is 37.9 Å². The van der Waals surface area contributed by atoms with Gasteiger partial charge in [-0.3, -0.25) is 10.1 Å². The van der Waals surface area contributed by atoms with Crippen molar-refractivity contribution >= 4 is 17.2 Å². The molecule has 0 aliphatic carbocycles. The molecule has 4 nitrogen and oxygen atoms in total. The van der Waals surface area contributed by atoms with Gasteiger partial charge in [0.2, 0.25) is 5.91 Å². The summed E-state index contributed by atoms with van der Waals surface area (Å²) in [5.41, 5.74) is 1.22. The summed E-state index contributed by atoms with van der Waals surface area (Å²) in [5, 5.41) is 7.65. The van der Waals surface area contributed by atoms with E-state index in [0.717, 1.165) is 18.9 Å². The van der Waals surface area contributed by atoms with Gasteiger partial charge >= 0.3 is 0 Å². The van der Waals surface area contributed by atoms with E-state index in [-0.39, 0.29) is 18.1 Å². The van der Waals surface area contributed by atoms with Crippen LogP contribution in [0.2, 0.25) is 0 Å². The second-order valence-corrected chi connectivity index (χ2v) is 7.19. The third-order valence-electron chi connectivity index (χ3n) is 4.85. The number of piperidine rings is 1. The molecule has 2 saturated heterocycles. The average molecular weight is 307 g/mol. The van der Waals surface area contributed by atoms with Gasteiger partial charge in [-0.2, -0.15) is 11.3 Å². The fourth-order valence-corrected chi connectivity index (χ4v) is 4.07. The molecule has 0 spiro atoms. The topological polar surface area (TPSA) is 35.6 Å². The number of nitrogens with one attached hydrogen (secondary N) is 1. The van der Waals surface area contributed by atoms with Gasteiger partial charge in [0.15, 0.2) is 0 Å². The number of rotatable bonds is 4. The van der Waals surface area contributed by atoms with E-state index in [9.17, 15) is 4.79 Å². The smallest absolute Gasteiger partial charge is 0.241 e. The van der Waals surface area contributed by atoms with Crippen LogP contribution in [0.15, 0.2) is 16.8 Å². The Hall–Kier alpha value is -0.910. The molecule has 1 aromatic rings. The molecule has 2 atom stereocenters. The zero-order valence-corrected chi connectivity index (χ0v) is 13.7. The second kappa shape index (κ2) is 6.46. The molecule has 116 valence electrons. The van der Waals surface area contributed by atoms with E-state index in [1.807, 2.05) is 11.8 Å². The Labute approximate surface area is 131 Å². The molecule has 0 aromatic carbocycles. The van der Waals surface area contributed by atoms with Crippen LogP contribution in [0.25, 0.3) is 0 Å². The van der Waals surface area contributed by atoms with E-state index in [1.165, 1.54) is 31.5 Å². The van der Waals surface area contributed by atoms with Crippen molar-refractivity contribution in [3.8, 4) is 0 Å². The average Bonchev–Trinajstić information content (AvgIpc) is 3.09. The van der Waals surface area contributed by atoms with Crippen LogP contribution >= 0.6 is 11.3 Å². The predicted molar refractivity (Wildman–Crippen MR) is 86.2 cm³/mol. The molecule has 1 N–H and O–H groups in total. The maximum Gasteiger partial charge on any atom is 0.241 e. The van der Waals surface area contributed by atoms with E-state index < -0.39 is 0 Å². The number of hydrogen-bond donors (Lipinski definition) is 1. The first-order chi connectivity index (χ1) is 10.1. The molecule has 2 fully saturated rings. The second-order valence-electron chi connectivity index (χ2n) is 6.41. The van der Waals surface area contributed by atoms with Crippen LogP contribution in [-0.4, -0.2) is 48.4 Å². The Morgan fingerprint density at radius 3 is 2.81 bits per heavy atom. The summed E-state index contributed by atoms with van der Waals surface area (Å²) >= 11 is 1.69.